The van der Waals surface area contributed by atoms with Crippen LogP contribution in [0.4, 0.5) is 0 Å². The minimum absolute atomic E-state index is 0.425. The Labute approximate surface area is 83.4 Å². The molecule has 1 atom stereocenters. The van der Waals surface area contributed by atoms with E-state index in [4.69, 9.17) is 15.9 Å². The van der Waals surface area contributed by atoms with Crippen molar-refractivity contribution in [1.29, 1.82) is 0 Å². The summed E-state index contributed by atoms with van der Waals surface area (Å²) >= 11 is 0. The zero-order valence-electron chi connectivity index (χ0n) is 8.22. The van der Waals surface area contributed by atoms with Crippen LogP contribution in [0.2, 0.25) is 0 Å². The molecule has 0 aliphatic heterocycles. The second-order valence-electron chi connectivity index (χ2n) is 3.29. The van der Waals surface area contributed by atoms with Crippen LogP contribution < -0.4 is 5.73 Å². The fourth-order valence-electron chi connectivity index (χ4n) is 1.16. The smallest absolute Gasteiger partial charge is 0.167 e. The normalized spacial score (nSPS) is 13.2. The molecule has 0 spiro atoms. The predicted octanol–water partition coefficient (Wildman–Crippen LogP) is -0.175. The molecule has 0 bridgehead atoms. The molecular weight excluding hydrogens is 180 g/mol. The molecule has 0 aliphatic rings. The molecule has 0 unspecified atom stereocenters. The van der Waals surface area contributed by atoms with Crippen LogP contribution in [-0.4, -0.2) is 27.5 Å². The number of rotatable bonds is 4. The molecule has 0 amide bonds. The highest BCUT2D eigenvalue weighted by Gasteiger charge is 2.11. The highest BCUT2D eigenvalue weighted by atomic mass is 16.5. The summed E-state index contributed by atoms with van der Waals surface area (Å²) in [6, 6.07) is 3.18. The zero-order valence-corrected chi connectivity index (χ0v) is 8.22. The van der Waals surface area contributed by atoms with Gasteiger partial charge in [-0.25, -0.2) is 0 Å². The van der Waals surface area contributed by atoms with E-state index in [0.717, 1.165) is 17.7 Å². The van der Waals surface area contributed by atoms with Crippen molar-refractivity contribution < 1.29 is 10.2 Å². The molecule has 0 fully saturated rings. The van der Waals surface area contributed by atoms with E-state index in [-0.39, 0.29) is 0 Å². The number of aliphatic hydroxyl groups excluding tert-OH is 1. The van der Waals surface area contributed by atoms with Gasteiger partial charge in [0.2, 0.25) is 0 Å². The van der Waals surface area contributed by atoms with Gasteiger partial charge in [-0.2, -0.15) is 0 Å². The lowest BCUT2D eigenvalue weighted by molar-refractivity contribution is -0.0577. The molecule has 4 heteroatoms. The van der Waals surface area contributed by atoms with Gasteiger partial charge >= 0.3 is 0 Å². The Bertz CT molecular complexity index is 272. The molecule has 0 radical (unpaired) electrons. The summed E-state index contributed by atoms with van der Waals surface area (Å²) in [7, 11) is 0. The molecule has 0 saturated heterocycles. The molecular formula is C10H16N2O2. The Kier molecular flexibility index (Phi) is 4.00. The molecule has 1 rings (SSSR count). The number of aryl methyl sites for hydroxylation is 1. The van der Waals surface area contributed by atoms with Gasteiger partial charge in [0.05, 0.1) is 6.04 Å². The first-order valence-corrected chi connectivity index (χ1v) is 4.69. The summed E-state index contributed by atoms with van der Waals surface area (Å²) in [6.45, 7) is 2.03. The summed E-state index contributed by atoms with van der Waals surface area (Å²) in [5.41, 5.74) is 7.43. The quantitative estimate of drug-likeness (QED) is 0.584. The second kappa shape index (κ2) is 5.05. The molecule has 0 aromatic carbocycles. The first-order chi connectivity index (χ1) is 6.63. The van der Waals surface area contributed by atoms with Crippen molar-refractivity contribution in [2.45, 2.75) is 32.1 Å². The summed E-state index contributed by atoms with van der Waals surface area (Å²) in [5.74, 6) is 0. The summed E-state index contributed by atoms with van der Waals surface area (Å²) in [6.07, 6.45) is 1.57. The van der Waals surface area contributed by atoms with Crippen molar-refractivity contribution in [3.63, 3.8) is 0 Å². The third-order valence-electron chi connectivity index (χ3n) is 2.10. The number of aromatic nitrogens is 1. The molecule has 4 N–H and O–H groups in total. The average Bonchev–Trinajstić information content (AvgIpc) is 2.19. The van der Waals surface area contributed by atoms with Crippen LogP contribution in [0.3, 0.4) is 0 Å². The molecule has 0 aliphatic carbocycles. The molecule has 14 heavy (non-hydrogen) atoms. The largest absolute Gasteiger partial charge is 0.367 e. The van der Waals surface area contributed by atoms with Crippen LogP contribution in [0, 0.1) is 0 Å². The number of pyridine rings is 1. The molecule has 1 heterocycles. The van der Waals surface area contributed by atoms with Gasteiger partial charge in [0.15, 0.2) is 6.29 Å². The molecule has 0 saturated carbocycles. The maximum Gasteiger partial charge on any atom is 0.167 e. The first kappa shape index (κ1) is 11.1. The Balaban J connectivity index is 2.59. The molecule has 1 aromatic rings. The third kappa shape index (κ3) is 3.06. The number of hydrogen-bond acceptors (Lipinski definition) is 4. The van der Waals surface area contributed by atoms with E-state index in [1.54, 1.807) is 6.20 Å². The lowest BCUT2D eigenvalue weighted by atomic mass is 10.1. The van der Waals surface area contributed by atoms with E-state index in [1.807, 2.05) is 19.1 Å². The van der Waals surface area contributed by atoms with E-state index >= 15 is 0 Å². The fraction of sp³-hybridized carbons (Fsp3) is 0.500. The van der Waals surface area contributed by atoms with Gasteiger partial charge in [-0.1, -0.05) is 13.0 Å². The summed E-state index contributed by atoms with van der Waals surface area (Å²) < 4.78 is 0. The van der Waals surface area contributed by atoms with Crippen LogP contribution in [0.25, 0.3) is 0 Å². The summed E-state index contributed by atoms with van der Waals surface area (Å²) in [5, 5.41) is 17.6. The third-order valence-corrected chi connectivity index (χ3v) is 2.10. The maximum atomic E-state index is 8.79. The van der Waals surface area contributed by atoms with Crippen molar-refractivity contribution in [2.75, 3.05) is 0 Å². The number of nitrogens with two attached hydrogens (primary N) is 1. The first-order valence-electron chi connectivity index (χ1n) is 4.69. The van der Waals surface area contributed by atoms with Crippen molar-refractivity contribution in [3.8, 4) is 0 Å². The monoisotopic (exact) mass is 196 g/mol. The van der Waals surface area contributed by atoms with Crippen molar-refractivity contribution in [2.24, 2.45) is 5.73 Å². The highest BCUT2D eigenvalue weighted by molar-refractivity contribution is 5.15. The van der Waals surface area contributed by atoms with Crippen molar-refractivity contribution in [3.05, 3.63) is 29.6 Å². The Morgan fingerprint density at radius 2 is 2.14 bits per heavy atom. The van der Waals surface area contributed by atoms with Gasteiger partial charge in [0.1, 0.15) is 0 Å². The zero-order chi connectivity index (χ0) is 10.6. The minimum atomic E-state index is -1.47. The Morgan fingerprint density at radius 3 is 2.57 bits per heavy atom. The van der Waals surface area contributed by atoms with Crippen LogP contribution >= 0.6 is 0 Å². The topological polar surface area (TPSA) is 79.4 Å². The van der Waals surface area contributed by atoms with E-state index in [1.165, 1.54) is 0 Å². The molecule has 78 valence electrons. The van der Waals surface area contributed by atoms with Gasteiger partial charge < -0.3 is 15.9 Å². The van der Waals surface area contributed by atoms with E-state index in [2.05, 4.69) is 4.98 Å². The van der Waals surface area contributed by atoms with Gasteiger partial charge in [-0.05, 0) is 24.5 Å². The number of nitrogens with zero attached hydrogens (tertiary/aromatic N) is 1. The van der Waals surface area contributed by atoms with Gasteiger partial charge in [0, 0.05) is 11.9 Å². The Morgan fingerprint density at radius 1 is 1.43 bits per heavy atom. The number of aliphatic hydroxyl groups is 2. The molecule has 1 aromatic heterocycles. The maximum absolute atomic E-state index is 8.79. The number of hydrogen-bond donors (Lipinski definition) is 3. The minimum Gasteiger partial charge on any atom is -0.367 e. The summed E-state index contributed by atoms with van der Waals surface area (Å²) in [4.78, 5) is 4.19. The van der Waals surface area contributed by atoms with E-state index in [0.29, 0.717) is 6.42 Å². The van der Waals surface area contributed by atoms with E-state index < -0.39 is 12.3 Å². The SMILES string of the molecule is CCc1ccc(C[C@H](N)C(O)O)cn1. The van der Waals surface area contributed by atoms with Gasteiger partial charge in [-0.3, -0.25) is 4.98 Å². The lowest BCUT2D eigenvalue weighted by Gasteiger charge is -2.13. The van der Waals surface area contributed by atoms with Crippen molar-refractivity contribution >= 4 is 0 Å². The average molecular weight is 196 g/mol. The van der Waals surface area contributed by atoms with Crippen LogP contribution in [-0.2, 0) is 12.8 Å². The van der Waals surface area contributed by atoms with Crippen molar-refractivity contribution in [1.82, 2.24) is 4.98 Å². The van der Waals surface area contributed by atoms with E-state index in [9.17, 15) is 0 Å². The van der Waals surface area contributed by atoms with Gasteiger partial charge in [-0.15, -0.1) is 0 Å². The predicted molar refractivity (Wildman–Crippen MR) is 53.5 cm³/mol. The lowest BCUT2D eigenvalue weighted by Crippen LogP contribution is -2.36. The highest BCUT2D eigenvalue weighted by Crippen LogP contribution is 2.04. The van der Waals surface area contributed by atoms with Crippen LogP contribution in [0.1, 0.15) is 18.2 Å². The van der Waals surface area contributed by atoms with Crippen LogP contribution in [0.5, 0.6) is 0 Å². The fourth-order valence-corrected chi connectivity index (χ4v) is 1.16. The van der Waals surface area contributed by atoms with Gasteiger partial charge in [0.25, 0.3) is 0 Å². The second-order valence-corrected chi connectivity index (χ2v) is 3.29. The Hall–Kier alpha value is -0.970. The molecule has 4 nitrogen and oxygen atoms in total. The van der Waals surface area contributed by atoms with Crippen LogP contribution in [0.15, 0.2) is 18.3 Å². The standard InChI is InChI=1S/C10H16N2O2/c1-2-8-4-3-7(6-12-8)5-9(11)10(13)14/h3-4,6,9-10,13-14H,2,5,11H2,1H3/t9-/m0/s1.